The minimum absolute atomic E-state index is 0.0108. The van der Waals surface area contributed by atoms with Gasteiger partial charge in [0.15, 0.2) is 0 Å². The second-order valence-electron chi connectivity index (χ2n) is 4.36. The normalized spacial score (nSPS) is 10.7. The summed E-state index contributed by atoms with van der Waals surface area (Å²) >= 11 is 3.38. The number of halogens is 1. The molecule has 0 saturated carbocycles. The maximum atomic E-state index is 11.1. The molecule has 1 aromatic carbocycles. The van der Waals surface area contributed by atoms with Crippen LogP contribution in [0.25, 0.3) is 10.9 Å². The van der Waals surface area contributed by atoms with Gasteiger partial charge < -0.3 is 11.1 Å². The van der Waals surface area contributed by atoms with Crippen LogP contribution >= 0.6 is 15.9 Å². The molecule has 0 atom stereocenters. The predicted molar refractivity (Wildman–Crippen MR) is 82.9 cm³/mol. The molecule has 0 unspecified atom stereocenters. The molecule has 0 spiro atoms. The molecule has 0 bridgehead atoms. The van der Waals surface area contributed by atoms with Gasteiger partial charge in [-0.15, -0.1) is 0 Å². The molecule has 1 heterocycles. The van der Waals surface area contributed by atoms with Crippen molar-refractivity contribution in [3.05, 3.63) is 39.0 Å². The fraction of sp³-hybridized carbons (Fsp3) is 0.308. The third-order valence-electron chi connectivity index (χ3n) is 2.94. The Kier molecular flexibility index (Phi) is 4.86. The maximum Gasteiger partial charge on any atom is 0.311 e. The molecule has 0 aliphatic heterocycles. The summed E-state index contributed by atoms with van der Waals surface area (Å²) in [5.41, 5.74) is 6.67. The van der Waals surface area contributed by atoms with Gasteiger partial charge >= 0.3 is 5.69 Å². The zero-order valence-corrected chi connectivity index (χ0v) is 12.4. The van der Waals surface area contributed by atoms with Gasteiger partial charge in [0.05, 0.1) is 10.4 Å². The monoisotopic (exact) mass is 338 g/mol. The number of nitro groups is 1. The van der Waals surface area contributed by atoms with Crippen molar-refractivity contribution in [3.63, 3.8) is 0 Å². The summed E-state index contributed by atoms with van der Waals surface area (Å²) in [6.45, 7) is 1.26. The van der Waals surface area contributed by atoms with Crippen LogP contribution in [0.4, 0.5) is 11.4 Å². The van der Waals surface area contributed by atoms with Gasteiger partial charge in [0.25, 0.3) is 0 Å². The van der Waals surface area contributed by atoms with Gasteiger partial charge in [-0.05, 0) is 37.6 Å². The molecule has 0 saturated heterocycles. The van der Waals surface area contributed by atoms with Crippen LogP contribution < -0.4 is 11.1 Å². The number of nitrogens with one attached hydrogen (secondary N) is 1. The van der Waals surface area contributed by atoms with Gasteiger partial charge in [-0.25, -0.2) is 4.98 Å². The average molecular weight is 339 g/mol. The van der Waals surface area contributed by atoms with Crippen molar-refractivity contribution >= 4 is 38.2 Å². The van der Waals surface area contributed by atoms with Gasteiger partial charge in [-0.3, -0.25) is 10.1 Å². The number of benzene rings is 1. The Bertz CT molecular complexity index is 633. The molecule has 2 aromatic rings. The van der Waals surface area contributed by atoms with Crippen LogP contribution in [0, 0.1) is 10.1 Å². The fourth-order valence-electron chi connectivity index (χ4n) is 1.96. The standard InChI is InChI=1S/C13H15BrN4O2/c14-9-3-4-11-10(7-9)13(16-6-2-1-5-15)12(8-17-11)18(19)20/h3-4,7-8H,1-2,5-6,15H2,(H,16,17). The van der Waals surface area contributed by atoms with Gasteiger partial charge in [0, 0.05) is 16.4 Å². The molecule has 0 radical (unpaired) electrons. The first-order valence-corrected chi connectivity index (χ1v) is 7.09. The second-order valence-corrected chi connectivity index (χ2v) is 5.28. The largest absolute Gasteiger partial charge is 0.379 e. The molecule has 6 nitrogen and oxygen atoms in total. The highest BCUT2D eigenvalue weighted by atomic mass is 79.9. The van der Waals surface area contributed by atoms with Crippen LogP contribution in [0.1, 0.15) is 12.8 Å². The number of unbranched alkanes of at least 4 members (excludes halogenated alkanes) is 1. The van der Waals surface area contributed by atoms with E-state index < -0.39 is 4.92 Å². The van der Waals surface area contributed by atoms with Crippen LogP contribution in [0.2, 0.25) is 0 Å². The molecule has 0 aliphatic rings. The quantitative estimate of drug-likeness (QED) is 0.479. The van der Waals surface area contributed by atoms with Gasteiger partial charge in [0.2, 0.25) is 0 Å². The lowest BCUT2D eigenvalue weighted by Crippen LogP contribution is -2.08. The average Bonchev–Trinajstić information content (AvgIpc) is 2.43. The van der Waals surface area contributed by atoms with E-state index in [-0.39, 0.29) is 5.69 Å². The van der Waals surface area contributed by atoms with Crippen molar-refractivity contribution in [3.8, 4) is 0 Å². The Morgan fingerprint density at radius 2 is 2.20 bits per heavy atom. The number of hydrogen-bond donors (Lipinski definition) is 2. The second kappa shape index (κ2) is 6.62. The summed E-state index contributed by atoms with van der Waals surface area (Å²) in [5.74, 6) is 0. The Balaban J connectivity index is 2.42. The molecule has 2 rings (SSSR count). The van der Waals surface area contributed by atoms with E-state index in [4.69, 9.17) is 5.73 Å². The first kappa shape index (κ1) is 14.7. The zero-order valence-electron chi connectivity index (χ0n) is 10.8. The van der Waals surface area contributed by atoms with Crippen molar-refractivity contribution in [1.82, 2.24) is 4.98 Å². The highest BCUT2D eigenvalue weighted by Crippen LogP contribution is 2.33. The molecule has 20 heavy (non-hydrogen) atoms. The highest BCUT2D eigenvalue weighted by molar-refractivity contribution is 9.10. The van der Waals surface area contributed by atoms with Gasteiger partial charge in [0.1, 0.15) is 11.9 Å². The summed E-state index contributed by atoms with van der Waals surface area (Å²) in [7, 11) is 0. The van der Waals surface area contributed by atoms with Crippen molar-refractivity contribution in [2.45, 2.75) is 12.8 Å². The zero-order chi connectivity index (χ0) is 14.5. The van der Waals surface area contributed by atoms with Crippen molar-refractivity contribution in [2.24, 2.45) is 5.73 Å². The van der Waals surface area contributed by atoms with E-state index >= 15 is 0 Å². The van der Waals surface area contributed by atoms with Crippen LogP contribution in [0.5, 0.6) is 0 Å². The third kappa shape index (κ3) is 3.23. The third-order valence-corrected chi connectivity index (χ3v) is 3.43. The number of rotatable bonds is 6. The summed E-state index contributed by atoms with van der Waals surface area (Å²) in [5, 5.41) is 15.0. The smallest absolute Gasteiger partial charge is 0.311 e. The molecule has 0 aliphatic carbocycles. The number of aromatic nitrogens is 1. The SMILES string of the molecule is NCCCCNc1c([N+](=O)[O-])cnc2ccc(Br)cc12. The summed E-state index contributed by atoms with van der Waals surface area (Å²) in [6.07, 6.45) is 3.04. The topological polar surface area (TPSA) is 94.1 Å². The van der Waals surface area contributed by atoms with E-state index in [1.807, 2.05) is 18.2 Å². The number of anilines is 1. The number of hydrogen-bond acceptors (Lipinski definition) is 5. The van der Waals surface area contributed by atoms with Crippen LogP contribution in [-0.2, 0) is 0 Å². The highest BCUT2D eigenvalue weighted by Gasteiger charge is 2.17. The van der Waals surface area contributed by atoms with E-state index in [9.17, 15) is 10.1 Å². The predicted octanol–water partition coefficient (Wildman–Crippen LogP) is 3.06. The van der Waals surface area contributed by atoms with Gasteiger partial charge in [-0.2, -0.15) is 0 Å². The van der Waals surface area contributed by atoms with E-state index in [1.165, 1.54) is 6.20 Å². The Morgan fingerprint density at radius 3 is 2.90 bits per heavy atom. The van der Waals surface area contributed by atoms with Crippen LogP contribution in [0.15, 0.2) is 28.9 Å². The van der Waals surface area contributed by atoms with E-state index in [0.29, 0.717) is 18.8 Å². The van der Waals surface area contributed by atoms with Crippen LogP contribution in [0.3, 0.4) is 0 Å². The summed E-state index contributed by atoms with van der Waals surface area (Å²) < 4.78 is 0.859. The number of nitrogens with two attached hydrogens (primary N) is 1. The van der Waals surface area contributed by atoms with Crippen molar-refractivity contribution in [1.29, 1.82) is 0 Å². The fourth-order valence-corrected chi connectivity index (χ4v) is 2.32. The maximum absolute atomic E-state index is 11.1. The van der Waals surface area contributed by atoms with Crippen LogP contribution in [-0.4, -0.2) is 23.0 Å². The lowest BCUT2D eigenvalue weighted by atomic mass is 10.1. The van der Waals surface area contributed by atoms with E-state index in [2.05, 4.69) is 26.2 Å². The first-order valence-electron chi connectivity index (χ1n) is 6.30. The van der Waals surface area contributed by atoms with E-state index in [1.54, 1.807) is 0 Å². The Hall–Kier alpha value is -1.73. The Morgan fingerprint density at radius 1 is 1.40 bits per heavy atom. The molecule has 106 valence electrons. The number of fused-ring (bicyclic) bond motifs is 1. The molecule has 3 N–H and O–H groups in total. The number of pyridine rings is 1. The molecular formula is C13H15BrN4O2. The minimum Gasteiger partial charge on any atom is -0.379 e. The lowest BCUT2D eigenvalue weighted by Gasteiger charge is -2.10. The molecule has 7 heteroatoms. The molecule has 0 amide bonds. The number of nitrogens with zero attached hydrogens (tertiary/aromatic N) is 2. The summed E-state index contributed by atoms with van der Waals surface area (Å²) in [6, 6.07) is 5.52. The molecular weight excluding hydrogens is 324 g/mol. The van der Waals surface area contributed by atoms with Crippen molar-refractivity contribution in [2.75, 3.05) is 18.4 Å². The molecule has 0 fully saturated rings. The Labute approximate surface area is 124 Å². The lowest BCUT2D eigenvalue weighted by molar-refractivity contribution is -0.384. The summed E-state index contributed by atoms with van der Waals surface area (Å²) in [4.78, 5) is 14.8. The minimum atomic E-state index is -0.418. The van der Waals surface area contributed by atoms with E-state index in [0.717, 1.165) is 28.2 Å². The van der Waals surface area contributed by atoms with Gasteiger partial charge in [-0.1, -0.05) is 15.9 Å². The first-order chi connectivity index (χ1) is 9.63. The molecule has 1 aromatic heterocycles. The van der Waals surface area contributed by atoms with Crippen molar-refractivity contribution < 1.29 is 4.92 Å².